The summed E-state index contributed by atoms with van der Waals surface area (Å²) in [4.78, 5) is 19.8. The second-order valence-electron chi connectivity index (χ2n) is 1.35. The Morgan fingerprint density at radius 3 is 2.08 bits per heavy atom. The first kappa shape index (κ1) is 10.4. The minimum Gasteiger partial charge on any atom is -0.472 e. The molecule has 0 aliphatic heterocycles. The van der Waals surface area contributed by atoms with Crippen LogP contribution < -0.4 is 0 Å². The van der Waals surface area contributed by atoms with Gasteiger partial charge in [-0.15, -0.1) is 0 Å². The van der Waals surface area contributed by atoms with Gasteiger partial charge in [-0.3, -0.25) is 4.55 Å². The third-order valence-corrected chi connectivity index (χ3v) is 0.814. The van der Waals surface area contributed by atoms with Crippen molar-refractivity contribution in [3.8, 4) is 11.8 Å². The second kappa shape index (κ2) is 3.70. The fourth-order valence-corrected chi connectivity index (χ4v) is 0.454. The summed E-state index contributed by atoms with van der Waals surface area (Å²) in [6.07, 6.45) is 0. The fourth-order valence-electron chi connectivity index (χ4n) is 0.221. The standard InChI is InChI=1S/C4H2O7S/c5-3(6)1-2-4(7)11-12(8,9)10/h(H,5,6)(H,8,9,10). The van der Waals surface area contributed by atoms with Crippen LogP contribution in [0.3, 0.4) is 0 Å². The van der Waals surface area contributed by atoms with Crippen molar-refractivity contribution in [2.45, 2.75) is 0 Å². The van der Waals surface area contributed by atoms with Gasteiger partial charge in [-0.1, -0.05) is 0 Å². The summed E-state index contributed by atoms with van der Waals surface area (Å²) in [6, 6.07) is 0. The van der Waals surface area contributed by atoms with E-state index in [-0.39, 0.29) is 0 Å². The largest absolute Gasteiger partial charge is 0.472 e. The lowest BCUT2D eigenvalue weighted by molar-refractivity contribution is -0.131. The first-order valence-corrected chi connectivity index (χ1v) is 3.63. The second-order valence-corrected chi connectivity index (χ2v) is 2.38. The average molecular weight is 194 g/mol. The van der Waals surface area contributed by atoms with E-state index in [4.69, 9.17) is 9.66 Å². The summed E-state index contributed by atoms with van der Waals surface area (Å²) in [5.74, 6) is -0.716. The lowest BCUT2D eigenvalue weighted by atomic mass is 10.6. The van der Waals surface area contributed by atoms with Crippen LogP contribution in [0.1, 0.15) is 0 Å². The fraction of sp³-hybridized carbons (Fsp3) is 0. The Balaban J connectivity index is 4.31. The van der Waals surface area contributed by atoms with Gasteiger partial charge < -0.3 is 9.29 Å². The Hall–Kier alpha value is -1.59. The summed E-state index contributed by atoms with van der Waals surface area (Å²) >= 11 is 0. The van der Waals surface area contributed by atoms with E-state index in [0.717, 1.165) is 0 Å². The van der Waals surface area contributed by atoms with Crippen molar-refractivity contribution >= 4 is 22.3 Å². The van der Waals surface area contributed by atoms with Crippen molar-refractivity contribution in [1.82, 2.24) is 0 Å². The molecule has 0 aliphatic carbocycles. The van der Waals surface area contributed by atoms with Gasteiger partial charge in [0.15, 0.2) is 0 Å². The number of carbonyl (C=O) groups excluding carboxylic acids is 1. The number of rotatable bonds is 1. The topological polar surface area (TPSA) is 118 Å². The summed E-state index contributed by atoms with van der Waals surface area (Å²) in [5.41, 5.74) is 0. The normalized spacial score (nSPS) is 9.42. The third-order valence-electron chi connectivity index (χ3n) is 0.452. The molecule has 0 saturated carbocycles. The van der Waals surface area contributed by atoms with Crippen molar-refractivity contribution in [2.24, 2.45) is 0 Å². The predicted molar refractivity (Wildman–Crippen MR) is 33.1 cm³/mol. The quantitative estimate of drug-likeness (QED) is 0.382. The van der Waals surface area contributed by atoms with E-state index in [1.807, 2.05) is 0 Å². The molecule has 0 amide bonds. The molecule has 0 aliphatic rings. The molecule has 0 rings (SSSR count). The zero-order chi connectivity index (χ0) is 9.78. The first-order valence-electron chi connectivity index (χ1n) is 2.27. The minimum absolute atomic E-state index is 1.28. The van der Waals surface area contributed by atoms with Crippen LogP contribution in [-0.2, 0) is 24.2 Å². The molecule has 0 atom stereocenters. The van der Waals surface area contributed by atoms with E-state index >= 15 is 0 Å². The van der Waals surface area contributed by atoms with Crippen molar-refractivity contribution in [3.63, 3.8) is 0 Å². The maximum absolute atomic E-state index is 10.2. The van der Waals surface area contributed by atoms with Crippen LogP contribution in [0.25, 0.3) is 0 Å². The molecule has 2 N–H and O–H groups in total. The van der Waals surface area contributed by atoms with E-state index in [2.05, 4.69) is 4.18 Å². The molecule has 66 valence electrons. The first-order chi connectivity index (χ1) is 5.31. The maximum atomic E-state index is 10.2. The van der Waals surface area contributed by atoms with E-state index in [0.29, 0.717) is 0 Å². The molecule has 8 heteroatoms. The summed E-state index contributed by atoms with van der Waals surface area (Å²) in [7, 11) is -4.92. The monoisotopic (exact) mass is 194 g/mol. The number of carbonyl (C=O) groups is 2. The Morgan fingerprint density at radius 1 is 1.25 bits per heavy atom. The van der Waals surface area contributed by atoms with Gasteiger partial charge >= 0.3 is 22.3 Å². The van der Waals surface area contributed by atoms with Crippen molar-refractivity contribution in [3.05, 3.63) is 0 Å². The summed E-state index contributed by atoms with van der Waals surface area (Å²) in [6.45, 7) is 0. The number of hydrogen-bond acceptors (Lipinski definition) is 5. The number of carboxylic acid groups (broad SMARTS) is 1. The highest BCUT2D eigenvalue weighted by Crippen LogP contribution is 1.85. The lowest BCUT2D eigenvalue weighted by Gasteiger charge is -1.89. The van der Waals surface area contributed by atoms with Gasteiger partial charge in [0.25, 0.3) is 0 Å². The Kier molecular flexibility index (Phi) is 3.21. The SMILES string of the molecule is O=C(O)C#CC(=O)OS(=O)(=O)O. The zero-order valence-electron chi connectivity index (χ0n) is 5.34. The van der Waals surface area contributed by atoms with Gasteiger partial charge in [0.05, 0.1) is 0 Å². The summed E-state index contributed by atoms with van der Waals surface area (Å²) < 4.78 is 30.7. The molecule has 0 saturated heterocycles. The van der Waals surface area contributed by atoms with Gasteiger partial charge in [-0.2, -0.15) is 8.42 Å². The Labute approximate surface area is 66.9 Å². The van der Waals surface area contributed by atoms with Crippen molar-refractivity contribution in [2.75, 3.05) is 0 Å². The highest BCUT2D eigenvalue weighted by Gasteiger charge is 2.09. The molecule has 0 aromatic rings. The van der Waals surface area contributed by atoms with E-state index in [9.17, 15) is 18.0 Å². The Morgan fingerprint density at radius 2 is 1.75 bits per heavy atom. The van der Waals surface area contributed by atoms with Crippen LogP contribution in [0, 0.1) is 11.8 Å². The number of carboxylic acids is 1. The van der Waals surface area contributed by atoms with Crippen molar-refractivity contribution in [1.29, 1.82) is 0 Å². The van der Waals surface area contributed by atoms with Gasteiger partial charge in [-0.05, 0) is 0 Å². The minimum atomic E-state index is -4.92. The van der Waals surface area contributed by atoms with Crippen LogP contribution in [0.5, 0.6) is 0 Å². The molecule has 0 heterocycles. The van der Waals surface area contributed by atoms with Crippen LogP contribution in [0.15, 0.2) is 0 Å². The van der Waals surface area contributed by atoms with E-state index < -0.39 is 22.3 Å². The van der Waals surface area contributed by atoms with Gasteiger partial charge in [0.1, 0.15) is 0 Å². The highest BCUT2D eigenvalue weighted by molar-refractivity contribution is 7.81. The molecular weight excluding hydrogens is 192 g/mol. The molecule has 0 bridgehead atoms. The zero-order valence-corrected chi connectivity index (χ0v) is 6.16. The van der Waals surface area contributed by atoms with Gasteiger partial charge in [-0.25, -0.2) is 9.59 Å². The van der Waals surface area contributed by atoms with E-state index in [1.54, 1.807) is 0 Å². The molecule has 0 aromatic carbocycles. The van der Waals surface area contributed by atoms with Crippen LogP contribution in [0.2, 0.25) is 0 Å². The molecular formula is C4H2O7S. The van der Waals surface area contributed by atoms with Crippen LogP contribution in [0.4, 0.5) is 0 Å². The molecule has 7 nitrogen and oxygen atoms in total. The van der Waals surface area contributed by atoms with Gasteiger partial charge in [0, 0.05) is 11.8 Å². The summed E-state index contributed by atoms with van der Waals surface area (Å²) in [5, 5.41) is 7.87. The molecule has 12 heavy (non-hydrogen) atoms. The Bertz CT molecular complexity index is 353. The van der Waals surface area contributed by atoms with Crippen molar-refractivity contribution < 1.29 is 31.8 Å². The lowest BCUT2D eigenvalue weighted by Crippen LogP contribution is -2.09. The molecule has 0 unspecified atom stereocenters. The molecule has 0 fully saturated rings. The third kappa shape index (κ3) is 6.53. The van der Waals surface area contributed by atoms with Crippen LogP contribution in [-0.4, -0.2) is 30.0 Å². The maximum Gasteiger partial charge on any atom is 0.449 e. The number of hydrogen-bond donors (Lipinski definition) is 2. The average Bonchev–Trinajstić information content (AvgIpc) is 1.79. The van der Waals surface area contributed by atoms with E-state index in [1.165, 1.54) is 11.8 Å². The number of aliphatic carboxylic acids is 1. The van der Waals surface area contributed by atoms with Gasteiger partial charge in [0.2, 0.25) is 0 Å². The molecule has 0 spiro atoms. The van der Waals surface area contributed by atoms with Crippen LogP contribution >= 0.6 is 0 Å². The highest BCUT2D eigenvalue weighted by atomic mass is 32.3. The molecule has 0 radical (unpaired) electrons. The smallest absolute Gasteiger partial charge is 0.449 e. The predicted octanol–water partition coefficient (Wildman–Crippen LogP) is -1.58. The molecule has 0 aromatic heterocycles.